The number of carboxylic acid groups (broad SMARTS) is 1. The molecule has 0 saturated heterocycles. The minimum Gasteiger partial charge on any atom is -0.489 e. The van der Waals surface area contributed by atoms with Crippen LogP contribution in [0, 0.1) is 5.41 Å². The van der Waals surface area contributed by atoms with Crippen LogP contribution in [0.2, 0.25) is 0 Å². The highest BCUT2D eigenvalue weighted by Crippen LogP contribution is 2.28. The van der Waals surface area contributed by atoms with Gasteiger partial charge < -0.3 is 15.2 Å². The Morgan fingerprint density at radius 3 is 2.41 bits per heavy atom. The lowest BCUT2D eigenvalue weighted by Gasteiger charge is -2.18. The van der Waals surface area contributed by atoms with Crippen molar-refractivity contribution in [2.24, 2.45) is 5.41 Å². The molecule has 122 valence electrons. The number of carboxylic acids is 1. The van der Waals surface area contributed by atoms with Gasteiger partial charge >= 0.3 is 5.97 Å². The van der Waals surface area contributed by atoms with Crippen molar-refractivity contribution in [3.05, 3.63) is 23.8 Å². The molecular weight excluding hydrogens is 282 g/mol. The molecule has 0 aromatic heterocycles. The van der Waals surface area contributed by atoms with Crippen molar-refractivity contribution < 1.29 is 19.4 Å². The van der Waals surface area contributed by atoms with Gasteiger partial charge in [-0.25, -0.2) is 4.79 Å². The Balaban J connectivity index is 2.91. The van der Waals surface area contributed by atoms with Gasteiger partial charge in [0, 0.05) is 6.42 Å². The number of hydrogen-bond acceptors (Lipinski definition) is 3. The smallest absolute Gasteiger partial charge is 0.335 e. The second-order valence-corrected chi connectivity index (χ2v) is 6.79. The number of carbonyl (C=O) groups excluding carboxylic acids is 1. The minimum absolute atomic E-state index is 0.0670. The molecule has 0 atom stereocenters. The van der Waals surface area contributed by atoms with Gasteiger partial charge in [0.05, 0.1) is 17.4 Å². The zero-order valence-electron chi connectivity index (χ0n) is 13.9. The summed E-state index contributed by atoms with van der Waals surface area (Å²) in [7, 11) is 0. The van der Waals surface area contributed by atoms with E-state index in [0.29, 0.717) is 17.9 Å². The highest BCUT2D eigenvalue weighted by atomic mass is 16.5. The van der Waals surface area contributed by atoms with Crippen molar-refractivity contribution >= 4 is 17.6 Å². The van der Waals surface area contributed by atoms with Gasteiger partial charge in [0.25, 0.3) is 0 Å². The van der Waals surface area contributed by atoms with Crippen LogP contribution >= 0.6 is 0 Å². The molecule has 1 rings (SSSR count). The fourth-order valence-corrected chi connectivity index (χ4v) is 1.82. The fourth-order valence-electron chi connectivity index (χ4n) is 1.82. The summed E-state index contributed by atoms with van der Waals surface area (Å²) in [5, 5.41) is 11.8. The van der Waals surface area contributed by atoms with Crippen LogP contribution in [0.15, 0.2) is 18.2 Å². The van der Waals surface area contributed by atoms with Gasteiger partial charge in [-0.2, -0.15) is 0 Å². The van der Waals surface area contributed by atoms with Crippen molar-refractivity contribution in [1.29, 1.82) is 0 Å². The lowest BCUT2D eigenvalue weighted by Crippen LogP contribution is -2.17. The van der Waals surface area contributed by atoms with E-state index >= 15 is 0 Å². The van der Waals surface area contributed by atoms with Crippen molar-refractivity contribution in [2.75, 3.05) is 5.32 Å². The third-order valence-electron chi connectivity index (χ3n) is 2.97. The van der Waals surface area contributed by atoms with Crippen molar-refractivity contribution in [2.45, 2.75) is 53.6 Å². The van der Waals surface area contributed by atoms with E-state index in [1.54, 1.807) is 6.07 Å². The second-order valence-electron chi connectivity index (χ2n) is 6.79. The molecule has 0 bridgehead atoms. The number of carbonyl (C=O) groups is 2. The predicted octanol–water partition coefficient (Wildman–Crippen LogP) is 3.94. The molecule has 1 aromatic rings. The molecule has 1 aromatic carbocycles. The molecule has 0 aliphatic heterocycles. The molecule has 0 radical (unpaired) electrons. The third kappa shape index (κ3) is 6.16. The van der Waals surface area contributed by atoms with Crippen LogP contribution in [0.25, 0.3) is 0 Å². The molecule has 0 fully saturated rings. The summed E-state index contributed by atoms with van der Waals surface area (Å²) in [5.41, 5.74) is 0.576. The highest BCUT2D eigenvalue weighted by Gasteiger charge is 2.16. The van der Waals surface area contributed by atoms with E-state index in [-0.39, 0.29) is 23.0 Å². The summed E-state index contributed by atoms with van der Waals surface area (Å²) in [6, 6.07) is 4.46. The molecule has 5 nitrogen and oxygen atoms in total. The molecule has 2 N–H and O–H groups in total. The summed E-state index contributed by atoms with van der Waals surface area (Å²) in [4.78, 5) is 23.1. The van der Waals surface area contributed by atoms with Crippen LogP contribution in [-0.2, 0) is 4.79 Å². The Labute approximate surface area is 131 Å². The Kier molecular flexibility index (Phi) is 5.97. The first-order valence-corrected chi connectivity index (χ1v) is 7.42. The number of rotatable bonds is 6. The standard InChI is InChI=1S/C17H25NO4/c1-11(2)22-14-7-6-12(16(20)21)10-13(14)18-15(19)8-9-17(3,4)5/h6-7,10-11H,8-9H2,1-5H3,(H,18,19)(H,20,21). The van der Waals surface area contributed by atoms with Gasteiger partial charge in [-0.15, -0.1) is 0 Å². The number of nitrogens with one attached hydrogen (secondary N) is 1. The molecule has 0 unspecified atom stereocenters. The zero-order valence-corrected chi connectivity index (χ0v) is 13.9. The summed E-state index contributed by atoms with van der Waals surface area (Å²) < 4.78 is 5.62. The first-order chi connectivity index (χ1) is 10.1. The minimum atomic E-state index is -1.04. The fraction of sp³-hybridized carbons (Fsp3) is 0.529. The summed E-state index contributed by atoms with van der Waals surface area (Å²) >= 11 is 0. The van der Waals surface area contributed by atoms with E-state index in [0.717, 1.165) is 6.42 Å². The molecule has 1 amide bonds. The number of amides is 1. The molecule has 0 aliphatic rings. The van der Waals surface area contributed by atoms with Gasteiger partial charge in [0.1, 0.15) is 5.75 Å². The number of aromatic carboxylic acids is 1. The number of hydrogen-bond donors (Lipinski definition) is 2. The summed E-state index contributed by atoms with van der Waals surface area (Å²) in [6.07, 6.45) is 1.06. The van der Waals surface area contributed by atoms with Crippen molar-refractivity contribution in [3.8, 4) is 5.75 Å². The number of anilines is 1. The normalized spacial score (nSPS) is 11.4. The van der Waals surface area contributed by atoms with Crippen LogP contribution in [0.3, 0.4) is 0 Å². The van der Waals surface area contributed by atoms with Gasteiger partial charge in [0.15, 0.2) is 0 Å². The van der Waals surface area contributed by atoms with E-state index in [9.17, 15) is 9.59 Å². The van der Waals surface area contributed by atoms with E-state index in [4.69, 9.17) is 9.84 Å². The molecule has 0 spiro atoms. The zero-order chi connectivity index (χ0) is 16.9. The first-order valence-electron chi connectivity index (χ1n) is 7.42. The molecule has 0 aliphatic carbocycles. The Morgan fingerprint density at radius 2 is 1.91 bits per heavy atom. The van der Waals surface area contributed by atoms with Gasteiger partial charge in [-0.05, 0) is 43.9 Å². The van der Waals surface area contributed by atoms with Crippen LogP contribution < -0.4 is 10.1 Å². The molecular formula is C17H25NO4. The maximum absolute atomic E-state index is 12.1. The summed E-state index contributed by atoms with van der Waals surface area (Å²) in [5.74, 6) is -0.712. The van der Waals surface area contributed by atoms with E-state index in [2.05, 4.69) is 26.1 Å². The lowest BCUT2D eigenvalue weighted by atomic mass is 9.90. The molecule has 5 heteroatoms. The van der Waals surface area contributed by atoms with Crippen LogP contribution in [0.4, 0.5) is 5.69 Å². The number of ether oxygens (including phenoxy) is 1. The van der Waals surface area contributed by atoms with Crippen LogP contribution in [-0.4, -0.2) is 23.1 Å². The van der Waals surface area contributed by atoms with E-state index < -0.39 is 5.97 Å². The Morgan fingerprint density at radius 1 is 1.27 bits per heavy atom. The summed E-state index contributed by atoms with van der Waals surface area (Å²) in [6.45, 7) is 9.95. The van der Waals surface area contributed by atoms with Gasteiger partial charge in [0.2, 0.25) is 5.91 Å². The predicted molar refractivity (Wildman–Crippen MR) is 86.5 cm³/mol. The van der Waals surface area contributed by atoms with Gasteiger partial charge in [-0.1, -0.05) is 20.8 Å². The Hall–Kier alpha value is -2.04. The largest absolute Gasteiger partial charge is 0.489 e. The lowest BCUT2D eigenvalue weighted by molar-refractivity contribution is -0.116. The second kappa shape index (κ2) is 7.29. The topological polar surface area (TPSA) is 75.6 Å². The van der Waals surface area contributed by atoms with E-state index in [1.165, 1.54) is 12.1 Å². The Bertz CT molecular complexity index is 544. The third-order valence-corrected chi connectivity index (χ3v) is 2.97. The monoisotopic (exact) mass is 307 g/mol. The molecule has 22 heavy (non-hydrogen) atoms. The average molecular weight is 307 g/mol. The quantitative estimate of drug-likeness (QED) is 0.834. The SMILES string of the molecule is CC(C)Oc1ccc(C(=O)O)cc1NC(=O)CCC(C)(C)C. The van der Waals surface area contributed by atoms with E-state index in [1.807, 2.05) is 13.8 Å². The average Bonchev–Trinajstić information content (AvgIpc) is 2.37. The number of benzene rings is 1. The molecule has 0 saturated carbocycles. The van der Waals surface area contributed by atoms with Gasteiger partial charge in [-0.3, -0.25) is 4.79 Å². The van der Waals surface area contributed by atoms with Crippen LogP contribution in [0.1, 0.15) is 57.8 Å². The van der Waals surface area contributed by atoms with Crippen LogP contribution in [0.5, 0.6) is 5.75 Å². The van der Waals surface area contributed by atoms with Crippen molar-refractivity contribution in [1.82, 2.24) is 0 Å². The molecule has 0 heterocycles. The van der Waals surface area contributed by atoms with Crippen molar-refractivity contribution in [3.63, 3.8) is 0 Å². The maximum Gasteiger partial charge on any atom is 0.335 e. The first kappa shape index (κ1) is 18.0. The maximum atomic E-state index is 12.1. The highest BCUT2D eigenvalue weighted by molar-refractivity contribution is 5.95.